The highest BCUT2D eigenvalue weighted by Gasteiger charge is 2.25. The lowest BCUT2D eigenvalue weighted by Crippen LogP contribution is -2.52. The molecule has 1 aromatic rings. The van der Waals surface area contributed by atoms with Crippen LogP contribution in [0.4, 0.5) is 5.82 Å². The highest BCUT2D eigenvalue weighted by atomic mass is 16.5. The van der Waals surface area contributed by atoms with Gasteiger partial charge in [0, 0.05) is 52.0 Å². The summed E-state index contributed by atoms with van der Waals surface area (Å²) in [6.45, 7) is 11.7. The number of hydrogen-bond acceptors (Lipinski definition) is 6. The van der Waals surface area contributed by atoms with Crippen LogP contribution in [0.25, 0.3) is 0 Å². The topological polar surface area (TPSA) is 85.2 Å². The summed E-state index contributed by atoms with van der Waals surface area (Å²) in [5.41, 5.74) is 0.300. The molecule has 3 rings (SSSR count). The van der Waals surface area contributed by atoms with Crippen molar-refractivity contribution >= 4 is 11.8 Å². The molecule has 2 saturated heterocycles. The molecule has 2 aliphatic heterocycles. The maximum absolute atomic E-state index is 10.8. The molecule has 0 aliphatic carbocycles. The molecule has 1 aromatic heterocycles. The first kappa shape index (κ1) is 22.8. The smallest absolute Gasteiger partial charge is 0.191 e. The summed E-state index contributed by atoms with van der Waals surface area (Å²) in [7, 11) is 0. The summed E-state index contributed by atoms with van der Waals surface area (Å²) in [5.74, 6) is 1.77. The Balaban J connectivity index is 1.54. The van der Waals surface area contributed by atoms with Gasteiger partial charge in [-0.25, -0.2) is 9.98 Å². The molecule has 3 heterocycles. The van der Waals surface area contributed by atoms with Gasteiger partial charge in [0.15, 0.2) is 5.96 Å². The van der Waals surface area contributed by atoms with Crippen molar-refractivity contribution in [2.24, 2.45) is 4.99 Å². The predicted octanol–water partition coefficient (Wildman–Crippen LogP) is 1.21. The summed E-state index contributed by atoms with van der Waals surface area (Å²) < 4.78 is 5.39. The molecule has 2 fully saturated rings. The lowest BCUT2D eigenvalue weighted by Gasteiger charge is -2.34. The fourth-order valence-corrected chi connectivity index (χ4v) is 3.94. The summed E-state index contributed by atoms with van der Waals surface area (Å²) >= 11 is 0. The quantitative estimate of drug-likeness (QED) is 0.432. The van der Waals surface area contributed by atoms with Gasteiger partial charge in [0.1, 0.15) is 5.82 Å². The van der Waals surface area contributed by atoms with Crippen LogP contribution >= 0.6 is 0 Å². The Morgan fingerprint density at radius 1 is 1.20 bits per heavy atom. The monoisotopic (exact) mass is 418 g/mol. The van der Waals surface area contributed by atoms with Crippen molar-refractivity contribution < 1.29 is 9.84 Å². The molecule has 0 bridgehead atoms. The third kappa shape index (κ3) is 7.41. The molecule has 0 spiro atoms. The van der Waals surface area contributed by atoms with Crippen molar-refractivity contribution in [3.8, 4) is 0 Å². The van der Waals surface area contributed by atoms with Gasteiger partial charge >= 0.3 is 0 Å². The molecule has 8 nitrogen and oxygen atoms in total. The van der Waals surface area contributed by atoms with Crippen LogP contribution in [0.2, 0.25) is 0 Å². The van der Waals surface area contributed by atoms with Crippen LogP contribution < -0.4 is 15.5 Å². The zero-order valence-corrected chi connectivity index (χ0v) is 18.6. The molecule has 2 aliphatic rings. The number of rotatable bonds is 8. The molecule has 0 aromatic carbocycles. The maximum Gasteiger partial charge on any atom is 0.191 e. The molecular formula is C22H38N6O2. The highest BCUT2D eigenvalue weighted by molar-refractivity contribution is 5.79. The number of ether oxygens (including phenoxy) is 1. The van der Waals surface area contributed by atoms with E-state index in [1.54, 1.807) is 0 Å². The molecule has 8 heteroatoms. The summed E-state index contributed by atoms with van der Waals surface area (Å²) in [6.07, 6.45) is 5.67. The fourth-order valence-electron chi connectivity index (χ4n) is 3.94. The number of aliphatic imine (C=N–C) groups is 1. The maximum atomic E-state index is 10.8. The van der Waals surface area contributed by atoms with Gasteiger partial charge in [0.05, 0.1) is 25.4 Å². The summed E-state index contributed by atoms with van der Waals surface area (Å²) in [6, 6.07) is 4.17. The molecule has 1 unspecified atom stereocenters. The SMILES string of the molecule is CCNC(=NCc1ccnc(N2CCCCC2)c1)NCC(C)(O)CN1CCOCC1. The first-order valence-electron chi connectivity index (χ1n) is 11.3. The number of nitrogens with one attached hydrogen (secondary N) is 2. The number of piperidine rings is 1. The minimum Gasteiger partial charge on any atom is -0.387 e. The minimum absolute atomic E-state index is 0.436. The lowest BCUT2D eigenvalue weighted by molar-refractivity contribution is -0.0201. The third-order valence-electron chi connectivity index (χ3n) is 5.56. The Hall–Kier alpha value is -1.90. The second-order valence-corrected chi connectivity index (χ2v) is 8.50. The first-order chi connectivity index (χ1) is 14.6. The van der Waals surface area contributed by atoms with Gasteiger partial charge in [0.25, 0.3) is 0 Å². The average Bonchev–Trinajstić information content (AvgIpc) is 2.77. The largest absolute Gasteiger partial charge is 0.387 e. The van der Waals surface area contributed by atoms with Gasteiger partial charge in [0.2, 0.25) is 0 Å². The van der Waals surface area contributed by atoms with Crippen molar-refractivity contribution in [2.75, 3.05) is 63.9 Å². The Morgan fingerprint density at radius 3 is 2.70 bits per heavy atom. The Morgan fingerprint density at radius 2 is 1.97 bits per heavy atom. The predicted molar refractivity (Wildman–Crippen MR) is 121 cm³/mol. The average molecular weight is 419 g/mol. The van der Waals surface area contributed by atoms with Crippen LogP contribution in [0, 0.1) is 0 Å². The molecule has 1 atom stereocenters. The molecule has 30 heavy (non-hydrogen) atoms. The first-order valence-corrected chi connectivity index (χ1v) is 11.3. The van der Waals surface area contributed by atoms with Crippen LogP contribution in [-0.4, -0.2) is 85.6 Å². The van der Waals surface area contributed by atoms with E-state index in [2.05, 4.69) is 31.5 Å². The molecule has 168 valence electrons. The minimum atomic E-state index is -0.842. The number of pyridine rings is 1. The number of β-amino-alcohol motifs (C(OH)–C–C–N with tert-alkyl or cyclic N) is 1. The van der Waals surface area contributed by atoms with Gasteiger partial charge in [-0.05, 0) is 50.8 Å². The molecule has 0 radical (unpaired) electrons. The Labute approximate surface area is 180 Å². The lowest BCUT2D eigenvalue weighted by atomic mass is 10.1. The second-order valence-electron chi connectivity index (χ2n) is 8.50. The summed E-state index contributed by atoms with van der Waals surface area (Å²) in [4.78, 5) is 13.9. The van der Waals surface area contributed by atoms with Crippen LogP contribution in [-0.2, 0) is 11.3 Å². The van der Waals surface area contributed by atoms with Gasteiger partial charge in [-0.15, -0.1) is 0 Å². The van der Waals surface area contributed by atoms with E-state index in [0.29, 0.717) is 19.6 Å². The van der Waals surface area contributed by atoms with Crippen LogP contribution in [0.5, 0.6) is 0 Å². The van der Waals surface area contributed by atoms with Crippen LogP contribution in [0.3, 0.4) is 0 Å². The van der Waals surface area contributed by atoms with E-state index < -0.39 is 5.60 Å². The van der Waals surface area contributed by atoms with E-state index >= 15 is 0 Å². The standard InChI is InChI=1S/C22H38N6O2/c1-3-23-21(26-17-22(2,29)18-27-11-13-30-14-12-27)25-16-19-7-8-24-20(15-19)28-9-5-4-6-10-28/h7-8,15,29H,3-6,9-14,16-18H2,1-2H3,(H2,23,25,26). The number of nitrogens with zero attached hydrogens (tertiary/aromatic N) is 4. The van der Waals surface area contributed by atoms with Crippen LogP contribution in [0.1, 0.15) is 38.7 Å². The second kappa shape index (κ2) is 11.5. The molecule has 0 saturated carbocycles. The van der Waals surface area contributed by atoms with Crippen molar-refractivity contribution in [3.63, 3.8) is 0 Å². The van der Waals surface area contributed by atoms with Crippen molar-refractivity contribution in [3.05, 3.63) is 23.9 Å². The van der Waals surface area contributed by atoms with E-state index in [1.807, 2.05) is 26.1 Å². The van der Waals surface area contributed by atoms with E-state index in [0.717, 1.165) is 63.3 Å². The van der Waals surface area contributed by atoms with Crippen molar-refractivity contribution in [2.45, 2.75) is 45.3 Å². The van der Waals surface area contributed by atoms with Crippen LogP contribution in [0.15, 0.2) is 23.3 Å². The zero-order valence-electron chi connectivity index (χ0n) is 18.6. The fraction of sp³-hybridized carbons (Fsp3) is 0.727. The Bertz CT molecular complexity index is 669. The molecule has 0 amide bonds. The molecular weight excluding hydrogens is 380 g/mol. The normalized spacial score (nSPS) is 20.6. The van der Waals surface area contributed by atoms with Gasteiger partial charge in [-0.1, -0.05) is 0 Å². The molecule has 3 N–H and O–H groups in total. The summed E-state index contributed by atoms with van der Waals surface area (Å²) in [5, 5.41) is 17.4. The third-order valence-corrected chi connectivity index (χ3v) is 5.56. The number of anilines is 1. The van der Waals surface area contributed by atoms with Gasteiger partial charge < -0.3 is 25.4 Å². The number of guanidine groups is 1. The van der Waals surface area contributed by atoms with Gasteiger partial charge in [-0.3, -0.25) is 4.90 Å². The number of morpholine rings is 1. The van der Waals surface area contributed by atoms with Gasteiger partial charge in [-0.2, -0.15) is 0 Å². The van der Waals surface area contributed by atoms with E-state index in [1.165, 1.54) is 19.3 Å². The number of aliphatic hydroxyl groups is 1. The number of hydrogen-bond donors (Lipinski definition) is 3. The highest BCUT2D eigenvalue weighted by Crippen LogP contribution is 2.18. The van der Waals surface area contributed by atoms with Crippen molar-refractivity contribution in [1.29, 1.82) is 0 Å². The number of aromatic nitrogens is 1. The van der Waals surface area contributed by atoms with E-state index in [-0.39, 0.29) is 0 Å². The van der Waals surface area contributed by atoms with Crippen molar-refractivity contribution in [1.82, 2.24) is 20.5 Å². The zero-order chi connectivity index (χ0) is 21.2. The van der Waals surface area contributed by atoms with E-state index in [9.17, 15) is 5.11 Å². The van der Waals surface area contributed by atoms with E-state index in [4.69, 9.17) is 9.73 Å². The Kier molecular flexibility index (Phi) is 8.72.